The Morgan fingerprint density at radius 3 is 2.50 bits per heavy atom. The van der Waals surface area contributed by atoms with Crippen LogP contribution in [0.25, 0.3) is 0 Å². The van der Waals surface area contributed by atoms with E-state index in [4.69, 9.17) is 4.74 Å². The Hall–Kier alpha value is -0.380. The van der Waals surface area contributed by atoms with E-state index in [1.54, 1.807) is 0 Å². The van der Waals surface area contributed by atoms with E-state index < -0.39 is 5.60 Å². The van der Waals surface area contributed by atoms with Crippen molar-refractivity contribution in [3.05, 3.63) is 0 Å². The molecule has 0 heterocycles. The maximum Gasteiger partial charge on any atom is 0.410 e. The van der Waals surface area contributed by atoms with Gasteiger partial charge in [-0.3, -0.25) is 4.99 Å². The van der Waals surface area contributed by atoms with Crippen LogP contribution in [0.4, 0.5) is 4.79 Å². The minimum absolute atomic E-state index is 0. The summed E-state index contributed by atoms with van der Waals surface area (Å²) in [6.45, 7) is 10.7. The van der Waals surface area contributed by atoms with E-state index in [9.17, 15) is 4.79 Å². The molecule has 2 N–H and O–H groups in total. The van der Waals surface area contributed by atoms with E-state index >= 15 is 0 Å². The fraction of sp³-hybridized carbons (Fsp3) is 0.889. The zero-order valence-corrected chi connectivity index (χ0v) is 20.1. The predicted molar refractivity (Wildman–Crippen MR) is 123 cm³/mol. The van der Waals surface area contributed by atoms with Gasteiger partial charge in [0.1, 0.15) is 5.60 Å². The Morgan fingerprint density at radius 1 is 1.27 bits per heavy atom. The zero-order valence-electron chi connectivity index (χ0n) is 17.0. The van der Waals surface area contributed by atoms with Crippen molar-refractivity contribution < 1.29 is 9.53 Å². The Kier molecular flexibility index (Phi) is 13.5. The third-order valence-corrected chi connectivity index (χ3v) is 4.33. The lowest BCUT2D eigenvalue weighted by molar-refractivity contribution is 0.0238. The smallest absolute Gasteiger partial charge is 0.410 e. The highest BCUT2D eigenvalue weighted by Gasteiger charge is 2.34. The first kappa shape index (κ1) is 25.6. The normalized spacial score (nSPS) is 14.4. The van der Waals surface area contributed by atoms with E-state index in [-0.39, 0.29) is 30.1 Å². The Balaban J connectivity index is 0.00000625. The van der Waals surface area contributed by atoms with Gasteiger partial charge >= 0.3 is 6.09 Å². The molecule has 1 fully saturated rings. The van der Waals surface area contributed by atoms with E-state index in [0.29, 0.717) is 19.1 Å². The first-order valence-electron chi connectivity index (χ1n) is 9.38. The van der Waals surface area contributed by atoms with Gasteiger partial charge in [0, 0.05) is 32.2 Å². The van der Waals surface area contributed by atoms with Crippen molar-refractivity contribution in [3.63, 3.8) is 0 Å². The first-order valence-corrected chi connectivity index (χ1v) is 10.8. The van der Waals surface area contributed by atoms with Crippen molar-refractivity contribution in [2.75, 3.05) is 38.2 Å². The Labute approximate surface area is 180 Å². The number of thioether (sulfide) groups is 1. The van der Waals surface area contributed by atoms with Crippen LogP contribution in [-0.2, 0) is 4.74 Å². The number of unbranched alkanes of at least 4 members (excludes halogenated alkanes) is 1. The van der Waals surface area contributed by atoms with Crippen molar-refractivity contribution in [3.8, 4) is 0 Å². The number of carbonyl (C=O) groups excluding carboxylic acids is 1. The van der Waals surface area contributed by atoms with Crippen molar-refractivity contribution in [2.24, 2.45) is 4.99 Å². The largest absolute Gasteiger partial charge is 0.444 e. The molecule has 0 aliphatic heterocycles. The number of amides is 1. The molecule has 1 rings (SSSR count). The summed E-state index contributed by atoms with van der Waals surface area (Å²) >= 11 is 1.87. The van der Waals surface area contributed by atoms with Gasteiger partial charge in [0.05, 0.1) is 0 Å². The molecule has 26 heavy (non-hydrogen) atoms. The second kappa shape index (κ2) is 13.7. The Morgan fingerprint density at radius 2 is 1.96 bits per heavy atom. The molecule has 154 valence electrons. The van der Waals surface area contributed by atoms with Crippen LogP contribution in [0.2, 0.25) is 0 Å². The third-order valence-electron chi connectivity index (χ3n) is 3.63. The topological polar surface area (TPSA) is 66.0 Å². The molecule has 0 spiro atoms. The standard InChI is InChI=1S/C18H36N4O2S.HI/c1-6-19-16(20-11-7-8-14-25-5)21-12-13-22(15-9-10-15)17(23)24-18(2,3)4;/h15H,6-14H2,1-5H3,(H2,19,20,21);1H. The molecule has 0 radical (unpaired) electrons. The highest BCUT2D eigenvalue weighted by Crippen LogP contribution is 2.27. The van der Waals surface area contributed by atoms with Crippen LogP contribution in [0, 0.1) is 0 Å². The summed E-state index contributed by atoms with van der Waals surface area (Å²) in [7, 11) is 0. The van der Waals surface area contributed by atoms with E-state index in [2.05, 4.69) is 28.8 Å². The van der Waals surface area contributed by atoms with Gasteiger partial charge in [-0.15, -0.1) is 24.0 Å². The average molecular weight is 500 g/mol. The molecule has 0 unspecified atom stereocenters. The summed E-state index contributed by atoms with van der Waals surface area (Å²) in [5, 5.41) is 6.59. The van der Waals surface area contributed by atoms with Crippen LogP contribution in [0.5, 0.6) is 0 Å². The number of nitrogens with zero attached hydrogens (tertiary/aromatic N) is 2. The van der Waals surface area contributed by atoms with Gasteiger partial charge in [0.15, 0.2) is 5.96 Å². The van der Waals surface area contributed by atoms with Crippen molar-refractivity contribution in [2.45, 2.75) is 65.0 Å². The zero-order chi connectivity index (χ0) is 18.7. The molecule has 8 heteroatoms. The number of hydrogen-bond acceptors (Lipinski definition) is 4. The maximum absolute atomic E-state index is 12.3. The van der Waals surface area contributed by atoms with Gasteiger partial charge < -0.3 is 20.3 Å². The fourth-order valence-electron chi connectivity index (χ4n) is 2.32. The molecule has 0 atom stereocenters. The lowest BCUT2D eigenvalue weighted by atomic mass is 10.2. The van der Waals surface area contributed by atoms with Gasteiger partial charge in [0.2, 0.25) is 0 Å². The number of carbonyl (C=O) groups is 1. The summed E-state index contributed by atoms with van der Waals surface area (Å²) in [5.41, 5.74) is -0.454. The van der Waals surface area contributed by atoms with E-state index in [0.717, 1.165) is 38.3 Å². The van der Waals surface area contributed by atoms with Crippen molar-refractivity contribution >= 4 is 47.8 Å². The summed E-state index contributed by atoms with van der Waals surface area (Å²) in [6, 6.07) is 0.336. The van der Waals surface area contributed by atoms with Crippen LogP contribution in [0.15, 0.2) is 4.99 Å². The lowest BCUT2D eigenvalue weighted by Crippen LogP contribution is -2.45. The third kappa shape index (κ3) is 12.1. The number of guanidine groups is 1. The van der Waals surface area contributed by atoms with Gasteiger partial charge in [0.25, 0.3) is 0 Å². The van der Waals surface area contributed by atoms with Gasteiger partial charge in [-0.05, 0) is 65.4 Å². The monoisotopic (exact) mass is 500 g/mol. The SMILES string of the molecule is CCNC(=NCCCCSC)NCCN(C(=O)OC(C)(C)C)C1CC1.I. The van der Waals surface area contributed by atoms with Crippen LogP contribution < -0.4 is 10.6 Å². The van der Waals surface area contributed by atoms with Crippen molar-refractivity contribution in [1.82, 2.24) is 15.5 Å². The summed E-state index contributed by atoms with van der Waals surface area (Å²) in [6.07, 6.45) is 6.36. The summed E-state index contributed by atoms with van der Waals surface area (Å²) < 4.78 is 5.52. The molecule has 0 bridgehead atoms. The molecular weight excluding hydrogens is 463 g/mol. The van der Waals surface area contributed by atoms with Gasteiger partial charge in [-0.2, -0.15) is 11.8 Å². The van der Waals surface area contributed by atoms with Crippen LogP contribution in [-0.4, -0.2) is 66.8 Å². The molecule has 1 aliphatic carbocycles. The summed E-state index contributed by atoms with van der Waals surface area (Å²) in [5.74, 6) is 2.01. The molecule has 6 nitrogen and oxygen atoms in total. The quantitative estimate of drug-likeness (QED) is 0.207. The average Bonchev–Trinajstić information content (AvgIpc) is 3.34. The van der Waals surface area contributed by atoms with E-state index in [1.807, 2.05) is 37.4 Å². The molecule has 0 saturated heterocycles. The molecular formula is C18H37IN4O2S. The molecule has 1 amide bonds. The number of aliphatic imine (C=N–C) groups is 1. The Bertz CT molecular complexity index is 426. The maximum atomic E-state index is 12.3. The minimum Gasteiger partial charge on any atom is -0.444 e. The van der Waals surface area contributed by atoms with Crippen LogP contribution in [0.1, 0.15) is 53.4 Å². The molecule has 1 saturated carbocycles. The second-order valence-corrected chi connectivity index (χ2v) is 8.28. The van der Waals surface area contributed by atoms with Crippen LogP contribution >= 0.6 is 35.7 Å². The van der Waals surface area contributed by atoms with Crippen molar-refractivity contribution in [1.29, 1.82) is 0 Å². The summed E-state index contributed by atoms with van der Waals surface area (Å²) in [4.78, 5) is 18.8. The predicted octanol–water partition coefficient (Wildman–Crippen LogP) is 3.70. The number of halogens is 1. The molecule has 0 aromatic carbocycles. The van der Waals surface area contributed by atoms with E-state index in [1.165, 1.54) is 12.2 Å². The highest BCUT2D eigenvalue weighted by atomic mass is 127. The highest BCUT2D eigenvalue weighted by molar-refractivity contribution is 14.0. The number of ether oxygens (including phenoxy) is 1. The molecule has 1 aliphatic rings. The number of hydrogen-bond donors (Lipinski definition) is 2. The fourth-order valence-corrected chi connectivity index (χ4v) is 2.81. The van der Waals surface area contributed by atoms with Crippen LogP contribution in [0.3, 0.4) is 0 Å². The molecule has 0 aromatic rings. The van der Waals surface area contributed by atoms with Gasteiger partial charge in [-0.1, -0.05) is 0 Å². The number of rotatable bonds is 10. The van der Waals surface area contributed by atoms with Gasteiger partial charge in [-0.25, -0.2) is 4.79 Å². The minimum atomic E-state index is -0.454. The first-order chi connectivity index (χ1) is 11.9. The number of nitrogens with one attached hydrogen (secondary N) is 2. The molecule has 0 aromatic heterocycles. The second-order valence-electron chi connectivity index (χ2n) is 7.29. The lowest BCUT2D eigenvalue weighted by Gasteiger charge is -2.27.